The number of rotatable bonds is 10. The van der Waals surface area contributed by atoms with E-state index in [4.69, 9.17) is 18.4 Å². The summed E-state index contributed by atoms with van der Waals surface area (Å²) in [5.41, 5.74) is 1.52. The molecule has 0 saturated heterocycles. The van der Waals surface area contributed by atoms with Crippen molar-refractivity contribution in [1.82, 2.24) is 15.5 Å². The summed E-state index contributed by atoms with van der Waals surface area (Å²) in [5, 5.41) is 6.83. The molecule has 4 aromatic rings. The summed E-state index contributed by atoms with van der Waals surface area (Å²) < 4.78 is 34.7. The number of hydrogen-bond donors (Lipinski definition) is 1. The number of aromatic nitrogens is 2. The van der Waals surface area contributed by atoms with Crippen molar-refractivity contribution in [2.45, 2.75) is 12.3 Å². The molecule has 1 amide bonds. The van der Waals surface area contributed by atoms with Crippen LogP contribution in [-0.2, 0) is 17.1 Å². The number of halogens is 1. The van der Waals surface area contributed by atoms with Crippen LogP contribution in [0.15, 0.2) is 63.5 Å². The minimum Gasteiger partial charge on any atom is -0.497 e. The third-order valence-electron chi connectivity index (χ3n) is 4.79. The van der Waals surface area contributed by atoms with Crippen LogP contribution >= 0.6 is 11.8 Å². The Morgan fingerprint density at radius 1 is 1.06 bits per heavy atom. The van der Waals surface area contributed by atoms with Crippen molar-refractivity contribution in [3.8, 4) is 34.5 Å². The molecule has 34 heavy (non-hydrogen) atoms. The fraction of sp³-hybridized carbons (Fsp3) is 0.208. The lowest BCUT2D eigenvalue weighted by Crippen LogP contribution is -2.24. The van der Waals surface area contributed by atoms with Crippen LogP contribution in [0.25, 0.3) is 23.0 Å². The smallest absolute Gasteiger partial charge is 0.293 e. The number of amides is 1. The van der Waals surface area contributed by atoms with Crippen LogP contribution < -0.4 is 14.8 Å². The van der Waals surface area contributed by atoms with Crippen molar-refractivity contribution in [3.63, 3.8) is 0 Å². The number of carbonyl (C=O) groups excluding carboxylic acids is 1. The monoisotopic (exact) mass is 483 g/mol. The first-order valence-corrected chi connectivity index (χ1v) is 11.4. The molecule has 10 heteroatoms. The molecule has 1 N–H and O–H groups in total. The zero-order valence-electron chi connectivity index (χ0n) is 18.5. The summed E-state index contributed by atoms with van der Waals surface area (Å²) in [7, 11) is 3.13. The third kappa shape index (κ3) is 5.96. The highest BCUT2D eigenvalue weighted by atomic mass is 32.2. The van der Waals surface area contributed by atoms with Crippen LogP contribution in [0.2, 0.25) is 0 Å². The van der Waals surface area contributed by atoms with Gasteiger partial charge in [0.2, 0.25) is 11.7 Å². The summed E-state index contributed by atoms with van der Waals surface area (Å²) in [6.07, 6.45) is 0. The quantitative estimate of drug-likeness (QED) is 0.346. The third-order valence-corrected chi connectivity index (χ3v) is 5.74. The maximum Gasteiger partial charge on any atom is 0.293 e. The highest BCUT2D eigenvalue weighted by Crippen LogP contribution is 2.30. The van der Waals surface area contributed by atoms with Crippen LogP contribution in [0.3, 0.4) is 0 Å². The second-order valence-corrected chi connectivity index (χ2v) is 8.17. The number of benzene rings is 2. The first kappa shape index (κ1) is 23.4. The van der Waals surface area contributed by atoms with E-state index in [1.165, 1.54) is 23.9 Å². The Balaban J connectivity index is 1.30. The molecule has 2 aromatic heterocycles. The topological polar surface area (TPSA) is 99.6 Å². The van der Waals surface area contributed by atoms with Gasteiger partial charge >= 0.3 is 0 Å². The zero-order chi connectivity index (χ0) is 23.9. The van der Waals surface area contributed by atoms with Crippen LogP contribution in [-0.4, -0.2) is 36.0 Å². The Hall–Kier alpha value is -3.79. The second-order valence-electron chi connectivity index (χ2n) is 7.19. The molecule has 0 radical (unpaired) electrons. The average molecular weight is 484 g/mol. The summed E-state index contributed by atoms with van der Waals surface area (Å²) >= 11 is 1.41. The van der Waals surface area contributed by atoms with E-state index >= 15 is 0 Å². The van der Waals surface area contributed by atoms with Crippen LogP contribution in [0, 0.1) is 5.82 Å². The van der Waals surface area contributed by atoms with E-state index in [9.17, 15) is 9.18 Å². The molecule has 0 unspecified atom stereocenters. The maximum absolute atomic E-state index is 12.9. The highest BCUT2D eigenvalue weighted by molar-refractivity contribution is 7.99. The van der Waals surface area contributed by atoms with Crippen molar-refractivity contribution in [1.29, 1.82) is 0 Å². The van der Waals surface area contributed by atoms with Gasteiger partial charge in [-0.3, -0.25) is 4.79 Å². The van der Waals surface area contributed by atoms with Crippen LogP contribution in [0.4, 0.5) is 4.39 Å². The standard InChI is InChI=1S/C24H22FN3O5S/c1-30-19-9-16(10-20(11-19)31-2)23-27-24(33-28-23)21-8-7-18(32-21)13-34-14-22(29)26-12-15-3-5-17(25)6-4-15/h3-11H,12-14H2,1-2H3,(H,26,29). The van der Waals surface area contributed by atoms with E-state index in [1.807, 2.05) is 0 Å². The first-order chi connectivity index (χ1) is 16.5. The second kappa shape index (κ2) is 10.9. The number of thioether (sulfide) groups is 1. The van der Waals surface area contributed by atoms with E-state index in [0.717, 1.165) is 5.56 Å². The minimum atomic E-state index is -0.305. The van der Waals surface area contributed by atoms with E-state index < -0.39 is 0 Å². The number of methoxy groups -OCH3 is 2. The predicted molar refractivity (Wildman–Crippen MR) is 125 cm³/mol. The van der Waals surface area contributed by atoms with Gasteiger partial charge in [-0.1, -0.05) is 17.3 Å². The van der Waals surface area contributed by atoms with Crippen molar-refractivity contribution >= 4 is 17.7 Å². The summed E-state index contributed by atoms with van der Waals surface area (Å²) in [6.45, 7) is 0.350. The molecule has 0 aliphatic carbocycles. The number of furan rings is 1. The first-order valence-electron chi connectivity index (χ1n) is 10.3. The maximum atomic E-state index is 12.9. The molecule has 176 valence electrons. The van der Waals surface area contributed by atoms with Crippen molar-refractivity contribution in [2.75, 3.05) is 20.0 Å². The van der Waals surface area contributed by atoms with Crippen molar-refractivity contribution < 1.29 is 27.6 Å². The van der Waals surface area contributed by atoms with Gasteiger partial charge in [0.05, 0.1) is 25.7 Å². The van der Waals surface area contributed by atoms with Crippen LogP contribution in [0.1, 0.15) is 11.3 Å². The molecule has 0 saturated carbocycles. The zero-order valence-corrected chi connectivity index (χ0v) is 19.4. The van der Waals surface area contributed by atoms with Gasteiger partial charge in [0.25, 0.3) is 5.89 Å². The van der Waals surface area contributed by atoms with Gasteiger partial charge in [-0.15, -0.1) is 11.8 Å². The lowest BCUT2D eigenvalue weighted by Gasteiger charge is -2.05. The summed E-state index contributed by atoms with van der Waals surface area (Å²) in [5.74, 6) is 3.29. The summed E-state index contributed by atoms with van der Waals surface area (Å²) in [4.78, 5) is 16.4. The summed E-state index contributed by atoms with van der Waals surface area (Å²) in [6, 6.07) is 14.9. The van der Waals surface area contributed by atoms with E-state index in [-0.39, 0.29) is 23.4 Å². The number of nitrogens with zero attached hydrogens (tertiary/aromatic N) is 2. The Morgan fingerprint density at radius 2 is 1.79 bits per heavy atom. The van der Waals surface area contributed by atoms with Gasteiger partial charge in [0.1, 0.15) is 23.1 Å². The molecule has 4 rings (SSSR count). The van der Waals surface area contributed by atoms with Gasteiger partial charge in [-0.05, 0) is 42.0 Å². The fourth-order valence-corrected chi connectivity index (χ4v) is 3.79. The highest BCUT2D eigenvalue weighted by Gasteiger charge is 2.16. The molecular formula is C24H22FN3O5S. The molecule has 0 aliphatic heterocycles. The molecule has 0 fully saturated rings. The fourth-order valence-electron chi connectivity index (χ4n) is 3.05. The molecular weight excluding hydrogens is 461 g/mol. The van der Waals surface area contributed by atoms with Gasteiger partial charge < -0.3 is 23.7 Å². The van der Waals surface area contributed by atoms with Gasteiger partial charge in [0.15, 0.2) is 5.76 Å². The molecule has 0 spiro atoms. The lowest BCUT2D eigenvalue weighted by atomic mass is 10.2. The average Bonchev–Trinajstić information content (AvgIpc) is 3.53. The predicted octanol–water partition coefficient (Wildman–Crippen LogP) is 4.70. The van der Waals surface area contributed by atoms with Gasteiger partial charge in [0, 0.05) is 18.2 Å². The van der Waals surface area contributed by atoms with E-state index in [1.54, 1.807) is 56.7 Å². The van der Waals surface area contributed by atoms with E-state index in [2.05, 4.69) is 15.5 Å². The normalized spacial score (nSPS) is 10.8. The number of carbonyl (C=O) groups is 1. The minimum absolute atomic E-state index is 0.114. The Labute approximate surface area is 199 Å². The van der Waals surface area contributed by atoms with Crippen molar-refractivity contribution in [2.24, 2.45) is 0 Å². The number of nitrogens with one attached hydrogen (secondary N) is 1. The Morgan fingerprint density at radius 3 is 2.50 bits per heavy atom. The number of hydrogen-bond acceptors (Lipinski definition) is 8. The molecule has 8 nitrogen and oxygen atoms in total. The van der Waals surface area contributed by atoms with Gasteiger partial charge in [-0.25, -0.2) is 4.39 Å². The lowest BCUT2D eigenvalue weighted by molar-refractivity contribution is -0.118. The van der Waals surface area contributed by atoms with Crippen LogP contribution in [0.5, 0.6) is 11.5 Å². The largest absolute Gasteiger partial charge is 0.497 e. The molecule has 0 aliphatic rings. The molecule has 0 bridgehead atoms. The molecule has 2 aromatic carbocycles. The Kier molecular flexibility index (Phi) is 7.48. The molecule has 2 heterocycles. The molecule has 0 atom stereocenters. The van der Waals surface area contributed by atoms with E-state index in [0.29, 0.717) is 46.7 Å². The SMILES string of the molecule is COc1cc(OC)cc(-c2noc(-c3ccc(CSCC(=O)NCc4ccc(F)cc4)o3)n2)c1. The number of ether oxygens (including phenoxy) is 2. The Bertz CT molecular complexity index is 1230. The van der Waals surface area contributed by atoms with Gasteiger partial charge in [-0.2, -0.15) is 4.98 Å². The van der Waals surface area contributed by atoms with Crippen molar-refractivity contribution in [3.05, 3.63) is 71.7 Å².